The van der Waals surface area contributed by atoms with Crippen molar-refractivity contribution in [3.8, 4) is 11.5 Å². The number of thioether (sulfide) groups is 1. The van der Waals surface area contributed by atoms with Gasteiger partial charge in [-0.05, 0) is 55.3 Å². The van der Waals surface area contributed by atoms with E-state index in [2.05, 4.69) is 4.99 Å². The third-order valence-corrected chi connectivity index (χ3v) is 5.48. The monoisotopic (exact) mass is 411 g/mol. The fraction of sp³-hybridized carbons (Fsp3) is 0.235. The fourth-order valence-electron chi connectivity index (χ4n) is 3.04. The SMILES string of the molecule is Br.CC1=NC2(O)c3ccc(Oc4ccc(Cl)cc4)cc3CC2S1. The Morgan fingerprint density at radius 2 is 1.91 bits per heavy atom. The maximum absolute atomic E-state index is 10.8. The van der Waals surface area contributed by atoms with Crippen LogP contribution in [0.1, 0.15) is 18.1 Å². The molecule has 1 heterocycles. The lowest BCUT2D eigenvalue weighted by Gasteiger charge is -2.19. The zero-order chi connectivity index (χ0) is 15.3. The molecule has 1 aliphatic heterocycles. The van der Waals surface area contributed by atoms with Gasteiger partial charge in [0.25, 0.3) is 0 Å². The maximum atomic E-state index is 10.8. The molecule has 4 rings (SSSR count). The van der Waals surface area contributed by atoms with Crippen LogP contribution in [0.3, 0.4) is 0 Å². The average molecular weight is 413 g/mol. The summed E-state index contributed by atoms with van der Waals surface area (Å²) in [6.45, 7) is 1.94. The molecule has 2 unspecified atom stereocenters. The number of fused-ring (bicyclic) bond motifs is 3. The van der Waals surface area contributed by atoms with Gasteiger partial charge >= 0.3 is 0 Å². The summed E-state index contributed by atoms with van der Waals surface area (Å²) in [4.78, 5) is 4.43. The Kier molecular flexibility index (Phi) is 4.49. The molecule has 0 bridgehead atoms. The Morgan fingerprint density at radius 3 is 2.65 bits per heavy atom. The van der Waals surface area contributed by atoms with E-state index in [0.717, 1.165) is 34.1 Å². The van der Waals surface area contributed by atoms with Crippen LogP contribution in [0.25, 0.3) is 0 Å². The zero-order valence-electron chi connectivity index (χ0n) is 12.3. The van der Waals surface area contributed by atoms with Crippen molar-refractivity contribution in [2.24, 2.45) is 4.99 Å². The highest BCUT2D eigenvalue weighted by atomic mass is 79.9. The van der Waals surface area contributed by atoms with Crippen LogP contribution < -0.4 is 4.74 Å². The van der Waals surface area contributed by atoms with Crippen molar-refractivity contribution in [1.29, 1.82) is 0 Å². The van der Waals surface area contributed by atoms with Crippen molar-refractivity contribution in [3.63, 3.8) is 0 Å². The molecule has 0 fully saturated rings. The Morgan fingerprint density at radius 1 is 1.22 bits per heavy atom. The molecule has 0 spiro atoms. The minimum Gasteiger partial charge on any atom is -0.457 e. The molecule has 2 aliphatic rings. The van der Waals surface area contributed by atoms with Gasteiger partial charge in [0.1, 0.15) is 11.5 Å². The highest BCUT2D eigenvalue weighted by Gasteiger charge is 2.49. The van der Waals surface area contributed by atoms with E-state index in [9.17, 15) is 5.11 Å². The first-order chi connectivity index (χ1) is 10.5. The molecule has 2 aromatic carbocycles. The Labute approximate surface area is 154 Å². The predicted molar refractivity (Wildman–Crippen MR) is 100 cm³/mol. The van der Waals surface area contributed by atoms with E-state index < -0.39 is 5.72 Å². The highest BCUT2D eigenvalue weighted by Crippen LogP contribution is 2.50. The molecule has 0 radical (unpaired) electrons. The number of benzene rings is 2. The lowest BCUT2D eigenvalue weighted by atomic mass is 10.1. The number of ether oxygens (including phenoxy) is 1. The van der Waals surface area contributed by atoms with Gasteiger partial charge in [0.05, 0.1) is 10.3 Å². The number of hydrogen-bond donors (Lipinski definition) is 1. The van der Waals surface area contributed by atoms with Crippen LogP contribution in [0.5, 0.6) is 11.5 Å². The van der Waals surface area contributed by atoms with Gasteiger partial charge in [-0.2, -0.15) is 0 Å². The minimum atomic E-state index is -1.07. The molecule has 0 amide bonds. The van der Waals surface area contributed by atoms with E-state index >= 15 is 0 Å². The van der Waals surface area contributed by atoms with E-state index in [1.807, 2.05) is 37.3 Å². The van der Waals surface area contributed by atoms with E-state index in [1.165, 1.54) is 0 Å². The van der Waals surface area contributed by atoms with Gasteiger partial charge in [-0.15, -0.1) is 28.7 Å². The van der Waals surface area contributed by atoms with Crippen LogP contribution in [0.4, 0.5) is 0 Å². The lowest BCUT2D eigenvalue weighted by molar-refractivity contribution is 0.0580. The summed E-state index contributed by atoms with van der Waals surface area (Å²) >= 11 is 7.52. The second-order valence-electron chi connectivity index (χ2n) is 5.54. The normalized spacial score (nSPS) is 24.5. The number of rotatable bonds is 2. The quantitative estimate of drug-likeness (QED) is 0.759. The van der Waals surface area contributed by atoms with Crippen molar-refractivity contribution in [2.45, 2.75) is 24.3 Å². The fourth-order valence-corrected chi connectivity index (χ4v) is 4.38. The van der Waals surface area contributed by atoms with Crippen LogP contribution in [-0.4, -0.2) is 15.4 Å². The molecule has 2 aromatic rings. The molecule has 120 valence electrons. The van der Waals surface area contributed by atoms with Crippen LogP contribution >= 0.6 is 40.3 Å². The molecular weight excluding hydrogens is 398 g/mol. The average Bonchev–Trinajstić information content (AvgIpc) is 2.89. The summed E-state index contributed by atoms with van der Waals surface area (Å²) in [5, 5.41) is 12.5. The van der Waals surface area contributed by atoms with Crippen LogP contribution in [0.15, 0.2) is 47.5 Å². The molecule has 23 heavy (non-hydrogen) atoms. The van der Waals surface area contributed by atoms with Crippen molar-refractivity contribution in [3.05, 3.63) is 58.6 Å². The van der Waals surface area contributed by atoms with Crippen molar-refractivity contribution in [2.75, 3.05) is 0 Å². The van der Waals surface area contributed by atoms with Gasteiger partial charge in [0.2, 0.25) is 0 Å². The molecule has 3 nitrogen and oxygen atoms in total. The third kappa shape index (κ3) is 2.91. The molecule has 2 atom stereocenters. The molecule has 1 aliphatic carbocycles. The first-order valence-electron chi connectivity index (χ1n) is 7.07. The molecule has 0 saturated heterocycles. The van der Waals surface area contributed by atoms with E-state index in [4.69, 9.17) is 16.3 Å². The second-order valence-corrected chi connectivity index (χ2v) is 7.37. The number of halogens is 2. The summed E-state index contributed by atoms with van der Waals surface area (Å²) in [6.07, 6.45) is 0.801. The third-order valence-electron chi connectivity index (χ3n) is 4.02. The van der Waals surface area contributed by atoms with E-state index in [0.29, 0.717) is 5.02 Å². The summed E-state index contributed by atoms with van der Waals surface area (Å²) < 4.78 is 5.85. The maximum Gasteiger partial charge on any atom is 0.196 e. The summed E-state index contributed by atoms with van der Waals surface area (Å²) in [5.41, 5.74) is 0.927. The largest absolute Gasteiger partial charge is 0.457 e. The Balaban J connectivity index is 0.00000156. The molecular formula is C17H15BrClNO2S. The Hall–Kier alpha value is -1.01. The molecule has 1 N–H and O–H groups in total. The van der Waals surface area contributed by atoms with Gasteiger partial charge in [0.15, 0.2) is 5.72 Å². The smallest absolute Gasteiger partial charge is 0.196 e. The highest BCUT2D eigenvalue weighted by molar-refractivity contribution is 8.93. The van der Waals surface area contributed by atoms with Crippen LogP contribution in [0, 0.1) is 0 Å². The van der Waals surface area contributed by atoms with Crippen LogP contribution in [0.2, 0.25) is 5.02 Å². The number of aliphatic imine (C=N–C) groups is 1. The minimum absolute atomic E-state index is 0. The number of hydrogen-bond acceptors (Lipinski definition) is 4. The topological polar surface area (TPSA) is 41.8 Å². The van der Waals surface area contributed by atoms with Gasteiger partial charge in [-0.25, -0.2) is 4.99 Å². The van der Waals surface area contributed by atoms with Crippen molar-refractivity contribution < 1.29 is 9.84 Å². The second kappa shape index (κ2) is 6.13. The predicted octanol–water partition coefficient (Wildman–Crippen LogP) is 4.95. The van der Waals surface area contributed by atoms with Gasteiger partial charge in [0, 0.05) is 10.6 Å². The first kappa shape index (κ1) is 16.8. The lowest BCUT2D eigenvalue weighted by Crippen LogP contribution is -2.27. The number of aliphatic hydroxyl groups is 1. The van der Waals surface area contributed by atoms with Gasteiger partial charge in [-0.1, -0.05) is 17.7 Å². The first-order valence-corrected chi connectivity index (χ1v) is 8.33. The molecule has 0 saturated carbocycles. The summed E-state index contributed by atoms with van der Waals surface area (Å²) in [7, 11) is 0. The van der Waals surface area contributed by atoms with Crippen molar-refractivity contribution in [1.82, 2.24) is 0 Å². The zero-order valence-corrected chi connectivity index (χ0v) is 15.6. The van der Waals surface area contributed by atoms with Gasteiger partial charge in [-0.3, -0.25) is 0 Å². The summed E-state index contributed by atoms with van der Waals surface area (Å²) in [6, 6.07) is 13.1. The number of nitrogens with zero attached hydrogens (tertiary/aromatic N) is 1. The Bertz CT molecular complexity index is 781. The van der Waals surface area contributed by atoms with Crippen molar-refractivity contribution >= 4 is 45.4 Å². The summed E-state index contributed by atoms with van der Waals surface area (Å²) in [5.74, 6) is 1.50. The van der Waals surface area contributed by atoms with E-state index in [1.54, 1.807) is 23.9 Å². The molecule has 0 aromatic heterocycles. The standard InChI is InChI=1S/C17H14ClNO2S.BrH/c1-10-19-17(20)15-7-6-14(8-11(15)9-16(17)22-10)21-13-4-2-12(18)3-5-13;/h2-8,16,20H,9H2,1H3;1H. The van der Waals surface area contributed by atoms with Crippen LogP contribution in [-0.2, 0) is 12.1 Å². The van der Waals surface area contributed by atoms with E-state index in [-0.39, 0.29) is 22.2 Å². The van der Waals surface area contributed by atoms with Gasteiger partial charge < -0.3 is 9.84 Å². The molecule has 6 heteroatoms.